The molecule has 1 unspecified atom stereocenters. The Hall–Kier alpha value is -2.90. The Kier molecular flexibility index (Phi) is 7.97. The molecule has 0 aromatic heterocycles. The van der Waals surface area contributed by atoms with Crippen molar-refractivity contribution in [2.45, 2.75) is 31.7 Å². The number of carboxylic acid groups (broad SMARTS) is 2. The largest absolute Gasteiger partial charge is 0.481 e. The fourth-order valence-corrected chi connectivity index (χ4v) is 1.99. The van der Waals surface area contributed by atoms with E-state index in [1.54, 1.807) is 0 Å². The molecule has 130 valence electrons. The summed E-state index contributed by atoms with van der Waals surface area (Å²) in [4.78, 5) is 45.0. The van der Waals surface area contributed by atoms with Crippen molar-refractivity contribution in [3.05, 3.63) is 35.9 Å². The van der Waals surface area contributed by atoms with Gasteiger partial charge in [-0.25, -0.2) is 0 Å². The molecule has 8 nitrogen and oxygen atoms in total. The van der Waals surface area contributed by atoms with E-state index in [1.807, 2.05) is 30.3 Å². The van der Waals surface area contributed by atoms with Gasteiger partial charge in [-0.15, -0.1) is 0 Å². The van der Waals surface area contributed by atoms with Gasteiger partial charge in [0, 0.05) is 12.8 Å². The van der Waals surface area contributed by atoms with Crippen LogP contribution in [-0.2, 0) is 25.6 Å². The molecule has 1 atom stereocenters. The van der Waals surface area contributed by atoms with E-state index < -0.39 is 36.3 Å². The summed E-state index contributed by atoms with van der Waals surface area (Å²) >= 11 is 0. The first kappa shape index (κ1) is 19.1. The third-order valence-corrected chi connectivity index (χ3v) is 3.20. The molecule has 0 fully saturated rings. The van der Waals surface area contributed by atoms with Crippen molar-refractivity contribution in [1.82, 2.24) is 10.6 Å². The highest BCUT2D eigenvalue weighted by molar-refractivity contribution is 5.89. The van der Waals surface area contributed by atoms with Crippen LogP contribution >= 0.6 is 0 Å². The highest BCUT2D eigenvalue weighted by Crippen LogP contribution is 2.04. The van der Waals surface area contributed by atoms with Gasteiger partial charge in [0.25, 0.3) is 0 Å². The van der Waals surface area contributed by atoms with Crippen LogP contribution in [-0.4, -0.2) is 46.6 Å². The van der Waals surface area contributed by atoms with Crippen LogP contribution in [0.4, 0.5) is 0 Å². The highest BCUT2D eigenvalue weighted by Gasteiger charge is 2.22. The van der Waals surface area contributed by atoms with Gasteiger partial charge in [-0.2, -0.15) is 0 Å². The lowest BCUT2D eigenvalue weighted by Crippen LogP contribution is -2.48. The first-order valence-electron chi connectivity index (χ1n) is 7.43. The maximum atomic E-state index is 12.0. The number of carboxylic acids is 2. The number of aryl methyl sites for hydroxylation is 1. The lowest BCUT2D eigenvalue weighted by atomic mass is 10.1. The third-order valence-electron chi connectivity index (χ3n) is 3.20. The topological polar surface area (TPSA) is 133 Å². The third kappa shape index (κ3) is 7.92. The second-order valence-corrected chi connectivity index (χ2v) is 5.15. The minimum atomic E-state index is -1.23. The van der Waals surface area contributed by atoms with Crippen molar-refractivity contribution < 1.29 is 29.4 Å². The van der Waals surface area contributed by atoms with Gasteiger partial charge in [0.2, 0.25) is 11.8 Å². The summed E-state index contributed by atoms with van der Waals surface area (Å²) in [6.45, 7) is -0.595. The minimum absolute atomic E-state index is 0.113. The van der Waals surface area contributed by atoms with E-state index in [2.05, 4.69) is 10.6 Å². The predicted octanol–water partition coefficient (Wildman–Crippen LogP) is 0.170. The lowest BCUT2D eigenvalue weighted by Gasteiger charge is -2.17. The van der Waals surface area contributed by atoms with Crippen LogP contribution in [0.5, 0.6) is 0 Å². The fraction of sp³-hybridized carbons (Fsp3) is 0.375. The zero-order chi connectivity index (χ0) is 17.9. The van der Waals surface area contributed by atoms with E-state index in [4.69, 9.17) is 10.2 Å². The Labute approximate surface area is 138 Å². The van der Waals surface area contributed by atoms with Crippen molar-refractivity contribution in [3.63, 3.8) is 0 Å². The molecule has 0 aliphatic rings. The van der Waals surface area contributed by atoms with Crippen molar-refractivity contribution in [3.8, 4) is 0 Å². The van der Waals surface area contributed by atoms with Crippen LogP contribution in [0, 0.1) is 0 Å². The van der Waals surface area contributed by atoms with Gasteiger partial charge in [-0.1, -0.05) is 30.3 Å². The Morgan fingerprint density at radius 1 is 0.958 bits per heavy atom. The quantitative estimate of drug-likeness (QED) is 0.481. The minimum Gasteiger partial charge on any atom is -0.481 e. The summed E-state index contributed by atoms with van der Waals surface area (Å²) in [5.74, 6) is -3.45. The normalized spacial score (nSPS) is 11.3. The molecule has 0 aliphatic carbocycles. The molecule has 24 heavy (non-hydrogen) atoms. The number of carbonyl (C=O) groups excluding carboxylic acids is 2. The fourth-order valence-electron chi connectivity index (χ4n) is 1.99. The van der Waals surface area contributed by atoms with Crippen LogP contribution in [0.25, 0.3) is 0 Å². The van der Waals surface area contributed by atoms with Crippen molar-refractivity contribution in [2.24, 2.45) is 0 Å². The van der Waals surface area contributed by atoms with Crippen LogP contribution in [0.3, 0.4) is 0 Å². The molecule has 0 heterocycles. The molecule has 2 amide bonds. The molecule has 0 saturated heterocycles. The number of aliphatic carboxylic acids is 2. The Morgan fingerprint density at radius 2 is 1.62 bits per heavy atom. The summed E-state index contributed by atoms with van der Waals surface area (Å²) in [6.07, 6.45) is 0.191. The molecule has 1 aromatic rings. The molecule has 8 heteroatoms. The van der Waals surface area contributed by atoms with Gasteiger partial charge >= 0.3 is 11.9 Å². The Balaban J connectivity index is 2.55. The van der Waals surface area contributed by atoms with Gasteiger partial charge < -0.3 is 20.8 Å². The lowest BCUT2D eigenvalue weighted by molar-refractivity contribution is -0.140. The van der Waals surface area contributed by atoms with Gasteiger partial charge in [-0.05, 0) is 18.4 Å². The molecular formula is C16H20N2O6. The molecule has 0 spiro atoms. The molecule has 1 aromatic carbocycles. The first-order valence-corrected chi connectivity index (χ1v) is 7.43. The van der Waals surface area contributed by atoms with Crippen LogP contribution in [0.15, 0.2) is 30.3 Å². The van der Waals surface area contributed by atoms with Gasteiger partial charge in [0.15, 0.2) is 0 Å². The molecular weight excluding hydrogens is 316 g/mol. The first-order chi connectivity index (χ1) is 11.4. The monoisotopic (exact) mass is 336 g/mol. The summed E-state index contributed by atoms with van der Waals surface area (Å²) in [5.41, 5.74) is 0.963. The van der Waals surface area contributed by atoms with Crippen LogP contribution in [0.2, 0.25) is 0 Å². The summed E-state index contributed by atoms with van der Waals surface area (Å²) in [5, 5.41) is 21.9. The Morgan fingerprint density at radius 3 is 2.21 bits per heavy atom. The van der Waals surface area contributed by atoms with E-state index in [0.29, 0.717) is 6.42 Å². The van der Waals surface area contributed by atoms with Crippen LogP contribution in [0.1, 0.15) is 24.8 Å². The number of benzene rings is 1. The van der Waals surface area contributed by atoms with Crippen molar-refractivity contribution in [2.75, 3.05) is 6.54 Å². The smallest absolute Gasteiger partial charge is 0.322 e. The van der Waals surface area contributed by atoms with Gasteiger partial charge in [-0.3, -0.25) is 19.2 Å². The number of amides is 2. The standard InChI is InChI=1S/C16H20N2O6/c19-13(8-6-11-4-2-1-3-5-11)18-12(7-9-14(20)21)16(24)17-10-15(22)23/h1-5,12H,6-10H2,(H,17,24)(H,18,19)(H,20,21)(H,22,23). The predicted molar refractivity (Wildman–Crippen MR) is 84.2 cm³/mol. The molecule has 0 radical (unpaired) electrons. The number of hydrogen-bond acceptors (Lipinski definition) is 4. The number of carbonyl (C=O) groups is 4. The highest BCUT2D eigenvalue weighted by atomic mass is 16.4. The summed E-state index contributed by atoms with van der Waals surface area (Å²) in [7, 11) is 0. The zero-order valence-corrected chi connectivity index (χ0v) is 13.0. The van der Waals surface area contributed by atoms with E-state index >= 15 is 0 Å². The molecule has 0 bridgehead atoms. The average molecular weight is 336 g/mol. The summed E-state index contributed by atoms with van der Waals surface area (Å²) in [6, 6.07) is 8.22. The van der Waals surface area contributed by atoms with E-state index in [-0.39, 0.29) is 19.3 Å². The van der Waals surface area contributed by atoms with E-state index in [0.717, 1.165) is 5.56 Å². The van der Waals surface area contributed by atoms with E-state index in [9.17, 15) is 19.2 Å². The maximum absolute atomic E-state index is 12.0. The molecule has 0 aliphatic heterocycles. The second kappa shape index (κ2) is 9.98. The van der Waals surface area contributed by atoms with Crippen molar-refractivity contribution >= 4 is 23.8 Å². The zero-order valence-electron chi connectivity index (χ0n) is 13.0. The number of nitrogens with one attached hydrogen (secondary N) is 2. The molecule has 4 N–H and O–H groups in total. The van der Waals surface area contributed by atoms with Gasteiger partial charge in [0.05, 0.1) is 0 Å². The van der Waals surface area contributed by atoms with E-state index in [1.165, 1.54) is 0 Å². The van der Waals surface area contributed by atoms with Gasteiger partial charge in [0.1, 0.15) is 12.6 Å². The van der Waals surface area contributed by atoms with Crippen molar-refractivity contribution in [1.29, 1.82) is 0 Å². The number of rotatable bonds is 10. The second-order valence-electron chi connectivity index (χ2n) is 5.15. The van der Waals surface area contributed by atoms with Crippen LogP contribution < -0.4 is 10.6 Å². The Bertz CT molecular complexity index is 587. The average Bonchev–Trinajstić information content (AvgIpc) is 2.55. The molecule has 0 saturated carbocycles. The number of hydrogen-bond donors (Lipinski definition) is 4. The molecule has 1 rings (SSSR count). The summed E-state index contributed by atoms with van der Waals surface area (Å²) < 4.78 is 0. The SMILES string of the molecule is O=C(O)CCC(NC(=O)CCc1ccccc1)C(=O)NCC(=O)O. The maximum Gasteiger partial charge on any atom is 0.322 e.